The average Bonchev–Trinajstić information content (AvgIpc) is 2.23. The number of amides is 1. The Morgan fingerprint density at radius 3 is 2.24 bits per heavy atom. The van der Waals surface area contributed by atoms with Gasteiger partial charge in [0.2, 0.25) is 5.91 Å². The molecule has 0 fully saturated rings. The molecule has 0 spiro atoms. The van der Waals surface area contributed by atoms with Crippen LogP contribution in [0.3, 0.4) is 0 Å². The van der Waals surface area contributed by atoms with Crippen molar-refractivity contribution in [3.05, 3.63) is 0 Å². The molecular formula is C12H24N2O3. The fourth-order valence-corrected chi connectivity index (χ4v) is 1.35. The highest BCUT2D eigenvalue weighted by Crippen LogP contribution is 2.16. The van der Waals surface area contributed by atoms with Crippen LogP contribution in [0.15, 0.2) is 0 Å². The molecule has 0 aliphatic rings. The summed E-state index contributed by atoms with van der Waals surface area (Å²) in [6.07, 6.45) is 0.0582. The minimum Gasteiger partial charge on any atom is -0.381 e. The molecule has 1 amide bonds. The molecule has 0 aromatic carbocycles. The fourth-order valence-electron chi connectivity index (χ4n) is 1.35. The third-order valence-electron chi connectivity index (χ3n) is 2.50. The number of carbonyl (C=O) groups excluding carboxylic acids is 2. The Labute approximate surface area is 103 Å². The number of ketones is 1. The first-order chi connectivity index (χ1) is 7.72. The molecule has 3 N–H and O–H groups in total. The molecule has 0 radical (unpaired) electrons. The van der Waals surface area contributed by atoms with Crippen LogP contribution < -0.4 is 11.1 Å². The van der Waals surface area contributed by atoms with Crippen molar-refractivity contribution in [2.75, 3.05) is 13.7 Å². The molecule has 0 heterocycles. The zero-order chi connectivity index (χ0) is 13.6. The van der Waals surface area contributed by atoms with Crippen molar-refractivity contribution in [2.45, 2.75) is 46.3 Å². The molecule has 2 atom stereocenters. The van der Waals surface area contributed by atoms with Crippen LogP contribution in [0.4, 0.5) is 0 Å². The van der Waals surface area contributed by atoms with E-state index in [4.69, 9.17) is 10.5 Å². The lowest BCUT2D eigenvalue weighted by atomic mass is 9.86. The van der Waals surface area contributed by atoms with Crippen molar-refractivity contribution < 1.29 is 14.3 Å². The number of nitrogens with one attached hydrogen (secondary N) is 1. The average molecular weight is 244 g/mol. The second-order valence-electron chi connectivity index (χ2n) is 5.22. The highest BCUT2D eigenvalue weighted by molar-refractivity contribution is 5.92. The van der Waals surface area contributed by atoms with Crippen molar-refractivity contribution in [1.29, 1.82) is 0 Å². The van der Waals surface area contributed by atoms with Gasteiger partial charge in [-0.15, -0.1) is 0 Å². The minimum absolute atomic E-state index is 0.0570. The lowest BCUT2D eigenvalue weighted by Crippen LogP contribution is -2.50. The summed E-state index contributed by atoms with van der Waals surface area (Å²) in [4.78, 5) is 23.6. The lowest BCUT2D eigenvalue weighted by Gasteiger charge is -2.24. The van der Waals surface area contributed by atoms with Crippen LogP contribution in [0.5, 0.6) is 0 Å². The number of rotatable bonds is 6. The van der Waals surface area contributed by atoms with E-state index in [0.29, 0.717) is 0 Å². The third kappa shape index (κ3) is 5.79. The topological polar surface area (TPSA) is 81.4 Å². The standard InChI is InChI=1S/C12H24N2O3/c1-8(17-5)6-10(15)14-9(7-13)11(16)12(2,3)4/h8-9H,6-7,13H2,1-5H3,(H,14,15)/t8?,9-/m0/s1. The van der Waals surface area contributed by atoms with Gasteiger partial charge in [0.05, 0.1) is 12.5 Å². The van der Waals surface area contributed by atoms with Gasteiger partial charge in [-0.2, -0.15) is 0 Å². The van der Waals surface area contributed by atoms with Crippen molar-refractivity contribution in [3.8, 4) is 0 Å². The van der Waals surface area contributed by atoms with E-state index in [-0.39, 0.29) is 30.8 Å². The zero-order valence-corrected chi connectivity index (χ0v) is 11.4. The SMILES string of the molecule is COC(C)CC(=O)N[C@@H](CN)C(=O)C(C)(C)C. The molecule has 5 nitrogen and oxygen atoms in total. The van der Waals surface area contributed by atoms with Gasteiger partial charge in [-0.1, -0.05) is 20.8 Å². The number of methoxy groups -OCH3 is 1. The van der Waals surface area contributed by atoms with Gasteiger partial charge in [0.25, 0.3) is 0 Å². The van der Waals surface area contributed by atoms with Crippen molar-refractivity contribution in [1.82, 2.24) is 5.32 Å². The summed E-state index contributed by atoms with van der Waals surface area (Å²) in [5.74, 6) is -0.272. The van der Waals surface area contributed by atoms with E-state index in [0.717, 1.165) is 0 Å². The quantitative estimate of drug-likeness (QED) is 0.711. The number of Topliss-reactive ketones (excluding diaryl/α,β-unsaturated/α-hetero) is 1. The van der Waals surface area contributed by atoms with Crippen LogP contribution in [0.1, 0.15) is 34.1 Å². The highest BCUT2D eigenvalue weighted by atomic mass is 16.5. The van der Waals surface area contributed by atoms with E-state index in [9.17, 15) is 9.59 Å². The molecule has 1 unspecified atom stereocenters. The van der Waals surface area contributed by atoms with Crippen LogP contribution in [-0.4, -0.2) is 37.5 Å². The Balaban J connectivity index is 4.41. The van der Waals surface area contributed by atoms with Gasteiger partial charge in [0, 0.05) is 19.1 Å². The van der Waals surface area contributed by atoms with Crippen molar-refractivity contribution in [2.24, 2.45) is 11.1 Å². The van der Waals surface area contributed by atoms with E-state index >= 15 is 0 Å². The summed E-state index contributed by atoms with van der Waals surface area (Å²) in [5.41, 5.74) is 5.01. The molecular weight excluding hydrogens is 220 g/mol. The molecule has 0 saturated carbocycles. The molecule has 17 heavy (non-hydrogen) atoms. The molecule has 0 aromatic heterocycles. The van der Waals surface area contributed by atoms with Crippen LogP contribution in [0.25, 0.3) is 0 Å². The summed E-state index contributed by atoms with van der Waals surface area (Å²) < 4.78 is 4.99. The summed E-state index contributed by atoms with van der Waals surface area (Å²) >= 11 is 0. The first kappa shape index (κ1) is 16.1. The van der Waals surface area contributed by atoms with Gasteiger partial charge in [-0.05, 0) is 6.92 Å². The number of hydrogen-bond acceptors (Lipinski definition) is 4. The van der Waals surface area contributed by atoms with E-state index in [1.54, 1.807) is 14.0 Å². The number of hydrogen-bond donors (Lipinski definition) is 2. The Morgan fingerprint density at radius 1 is 1.35 bits per heavy atom. The van der Waals surface area contributed by atoms with Crippen LogP contribution in [0.2, 0.25) is 0 Å². The highest BCUT2D eigenvalue weighted by Gasteiger charge is 2.29. The Bertz CT molecular complexity index is 271. The molecule has 0 aliphatic carbocycles. The molecule has 0 aliphatic heterocycles. The predicted molar refractivity (Wildman–Crippen MR) is 66.5 cm³/mol. The zero-order valence-electron chi connectivity index (χ0n) is 11.4. The maximum Gasteiger partial charge on any atom is 0.223 e. The number of nitrogens with two attached hydrogens (primary N) is 1. The van der Waals surface area contributed by atoms with E-state index in [1.807, 2.05) is 20.8 Å². The summed E-state index contributed by atoms with van der Waals surface area (Å²) in [7, 11) is 1.54. The lowest BCUT2D eigenvalue weighted by molar-refractivity contribution is -0.133. The number of carbonyl (C=O) groups is 2. The molecule has 0 saturated heterocycles. The molecule has 5 heteroatoms. The minimum atomic E-state index is -0.619. The van der Waals surface area contributed by atoms with Gasteiger partial charge in [-0.3, -0.25) is 9.59 Å². The van der Waals surface area contributed by atoms with Crippen molar-refractivity contribution in [3.63, 3.8) is 0 Å². The van der Waals surface area contributed by atoms with Crippen molar-refractivity contribution >= 4 is 11.7 Å². The first-order valence-corrected chi connectivity index (χ1v) is 5.79. The van der Waals surface area contributed by atoms with E-state index < -0.39 is 11.5 Å². The van der Waals surface area contributed by atoms with Gasteiger partial charge in [0.1, 0.15) is 6.04 Å². The van der Waals surface area contributed by atoms with Gasteiger partial charge in [0.15, 0.2) is 5.78 Å². The van der Waals surface area contributed by atoms with Gasteiger partial charge in [-0.25, -0.2) is 0 Å². The predicted octanol–water partition coefficient (Wildman–Crippen LogP) is 0.470. The normalized spacial score (nSPS) is 15.2. The van der Waals surface area contributed by atoms with Crippen LogP contribution in [0, 0.1) is 5.41 Å². The largest absolute Gasteiger partial charge is 0.381 e. The number of ether oxygens (including phenoxy) is 1. The van der Waals surface area contributed by atoms with Crippen LogP contribution in [-0.2, 0) is 14.3 Å². The van der Waals surface area contributed by atoms with Crippen LogP contribution >= 0.6 is 0 Å². The Kier molecular flexibility index (Phi) is 6.34. The molecule has 0 aromatic rings. The smallest absolute Gasteiger partial charge is 0.223 e. The summed E-state index contributed by atoms with van der Waals surface area (Å²) in [6.45, 7) is 7.33. The molecule has 0 bridgehead atoms. The summed E-state index contributed by atoms with van der Waals surface area (Å²) in [5, 5.41) is 2.64. The third-order valence-corrected chi connectivity index (χ3v) is 2.50. The van der Waals surface area contributed by atoms with Gasteiger partial charge >= 0.3 is 0 Å². The maximum absolute atomic E-state index is 12.0. The second-order valence-corrected chi connectivity index (χ2v) is 5.22. The fraction of sp³-hybridized carbons (Fsp3) is 0.833. The first-order valence-electron chi connectivity index (χ1n) is 5.79. The van der Waals surface area contributed by atoms with Gasteiger partial charge < -0.3 is 15.8 Å². The molecule has 100 valence electrons. The summed E-state index contributed by atoms with van der Waals surface area (Å²) in [6, 6.07) is -0.619. The molecule has 0 rings (SSSR count). The van der Waals surface area contributed by atoms with E-state index in [1.165, 1.54) is 0 Å². The monoisotopic (exact) mass is 244 g/mol. The second kappa shape index (κ2) is 6.71. The Morgan fingerprint density at radius 2 is 1.88 bits per heavy atom. The maximum atomic E-state index is 12.0. The van der Waals surface area contributed by atoms with E-state index in [2.05, 4.69) is 5.32 Å². The Hall–Kier alpha value is -0.940.